The number of hydrogen-bond donors (Lipinski definition) is 0. The average Bonchev–Trinajstić information content (AvgIpc) is 2.34. The number of benzene rings is 1. The van der Waals surface area contributed by atoms with Crippen LogP contribution in [0.25, 0.3) is 5.76 Å². The van der Waals surface area contributed by atoms with Crippen LogP contribution in [0.1, 0.15) is 19.4 Å². The molecule has 0 saturated heterocycles. The smallest absolute Gasteiger partial charge is 0.454 e. The van der Waals surface area contributed by atoms with Crippen LogP contribution in [0.5, 0.6) is 0 Å². The van der Waals surface area contributed by atoms with Gasteiger partial charge in [0.2, 0.25) is 0 Å². The van der Waals surface area contributed by atoms with Crippen LogP contribution in [0, 0.1) is 0 Å². The Balaban J connectivity index is 3.26. The van der Waals surface area contributed by atoms with Crippen molar-refractivity contribution in [2.45, 2.75) is 20.0 Å². The van der Waals surface area contributed by atoms with Crippen molar-refractivity contribution in [1.29, 1.82) is 0 Å². The molecule has 0 unspecified atom stereocenters. The molecular weight excluding hydrogens is 281 g/mol. The molecule has 2 nitrogen and oxygen atoms in total. The number of halogens is 4. The summed E-state index contributed by atoms with van der Waals surface area (Å²) in [7, 11) is 0. The summed E-state index contributed by atoms with van der Waals surface area (Å²) in [6, 6.07) is 6.03. The van der Waals surface area contributed by atoms with Crippen LogP contribution in [-0.2, 0) is 9.53 Å². The number of allylic oxidation sites excluding steroid dienone is 1. The van der Waals surface area contributed by atoms with E-state index in [0.29, 0.717) is 10.6 Å². The van der Waals surface area contributed by atoms with E-state index < -0.39 is 17.5 Å². The third-order valence-corrected chi connectivity index (χ3v) is 2.59. The van der Waals surface area contributed by atoms with Crippen molar-refractivity contribution in [3.63, 3.8) is 0 Å². The van der Waals surface area contributed by atoms with E-state index in [1.807, 2.05) is 0 Å². The fourth-order valence-corrected chi connectivity index (χ4v) is 1.60. The van der Waals surface area contributed by atoms with E-state index in [1.54, 1.807) is 6.92 Å². The minimum absolute atomic E-state index is 0.0820. The number of rotatable bonds is 4. The Bertz CT molecular complexity index is 490. The van der Waals surface area contributed by atoms with E-state index in [2.05, 4.69) is 0 Å². The lowest BCUT2D eigenvalue weighted by molar-refractivity contribution is -0.166. The fourth-order valence-electron chi connectivity index (χ4n) is 1.47. The fraction of sp³-hybridized carbons (Fsp3) is 0.308. The molecule has 0 amide bonds. The zero-order valence-corrected chi connectivity index (χ0v) is 11.1. The number of carbonyl (C=O) groups is 1. The zero-order chi connectivity index (χ0) is 14.6. The largest absolute Gasteiger partial charge is 0.493 e. The summed E-state index contributed by atoms with van der Waals surface area (Å²) >= 11 is 5.70. The summed E-state index contributed by atoms with van der Waals surface area (Å²) in [5, 5.41) is 0.444. The van der Waals surface area contributed by atoms with Crippen molar-refractivity contribution < 1.29 is 22.7 Å². The molecule has 0 spiro atoms. The molecule has 1 rings (SSSR count). The van der Waals surface area contributed by atoms with Crippen molar-refractivity contribution in [2.75, 3.05) is 6.61 Å². The Labute approximate surface area is 113 Å². The molecule has 0 fully saturated rings. The highest BCUT2D eigenvalue weighted by molar-refractivity contribution is 6.30. The maximum atomic E-state index is 12.4. The average molecular weight is 293 g/mol. The van der Waals surface area contributed by atoms with Crippen molar-refractivity contribution in [3.05, 3.63) is 40.4 Å². The summed E-state index contributed by atoms with van der Waals surface area (Å²) < 4.78 is 42.4. The molecule has 0 aromatic heterocycles. The SMILES string of the molecule is CCOC(=C(C)C(=O)C(F)(F)F)c1ccc(Cl)cc1. The van der Waals surface area contributed by atoms with Crippen LogP contribution in [0.2, 0.25) is 5.02 Å². The highest BCUT2D eigenvalue weighted by Crippen LogP contribution is 2.28. The maximum absolute atomic E-state index is 12.4. The van der Waals surface area contributed by atoms with Gasteiger partial charge in [-0.2, -0.15) is 13.2 Å². The molecule has 1 aromatic carbocycles. The van der Waals surface area contributed by atoms with Crippen molar-refractivity contribution in [2.24, 2.45) is 0 Å². The van der Waals surface area contributed by atoms with E-state index in [9.17, 15) is 18.0 Å². The molecule has 0 N–H and O–H groups in total. The maximum Gasteiger partial charge on any atom is 0.454 e. The first-order valence-electron chi connectivity index (χ1n) is 5.48. The summed E-state index contributed by atoms with van der Waals surface area (Å²) in [4.78, 5) is 11.2. The minimum Gasteiger partial charge on any atom is -0.493 e. The third kappa shape index (κ3) is 3.99. The van der Waals surface area contributed by atoms with Crippen molar-refractivity contribution in [1.82, 2.24) is 0 Å². The molecule has 0 bridgehead atoms. The molecule has 6 heteroatoms. The van der Waals surface area contributed by atoms with Crippen LogP contribution in [0.3, 0.4) is 0 Å². The van der Waals surface area contributed by atoms with E-state index in [-0.39, 0.29) is 12.4 Å². The Morgan fingerprint density at radius 3 is 2.21 bits per heavy atom. The van der Waals surface area contributed by atoms with E-state index in [1.165, 1.54) is 24.3 Å². The van der Waals surface area contributed by atoms with Gasteiger partial charge in [0, 0.05) is 16.2 Å². The number of Topliss-reactive ketones (excluding diaryl/α,β-unsaturated/α-hetero) is 1. The predicted molar refractivity (Wildman–Crippen MR) is 66.7 cm³/mol. The van der Waals surface area contributed by atoms with Gasteiger partial charge in [-0.3, -0.25) is 4.79 Å². The lowest BCUT2D eigenvalue weighted by Gasteiger charge is -2.14. The van der Waals surface area contributed by atoms with Gasteiger partial charge >= 0.3 is 6.18 Å². The standard InChI is InChI=1S/C13H12ClF3O2/c1-3-19-11(8(2)12(18)13(15,16)17)9-4-6-10(14)7-5-9/h4-7H,3H2,1-2H3. The van der Waals surface area contributed by atoms with Gasteiger partial charge in [0.05, 0.1) is 6.61 Å². The summed E-state index contributed by atoms with van der Waals surface area (Å²) in [5.41, 5.74) is -0.0991. The molecule has 0 saturated carbocycles. The first kappa shape index (κ1) is 15.6. The number of alkyl halides is 3. The van der Waals surface area contributed by atoms with E-state index in [4.69, 9.17) is 16.3 Å². The Kier molecular flexibility index (Phi) is 5.00. The van der Waals surface area contributed by atoms with Gasteiger partial charge in [-0.1, -0.05) is 11.6 Å². The quantitative estimate of drug-likeness (QED) is 0.613. The second-order valence-corrected chi connectivity index (χ2v) is 4.16. The summed E-state index contributed by atoms with van der Waals surface area (Å²) in [5.74, 6) is -1.99. The van der Waals surface area contributed by atoms with Crippen molar-refractivity contribution in [3.8, 4) is 0 Å². The van der Waals surface area contributed by atoms with Crippen LogP contribution < -0.4 is 0 Å². The molecule has 0 atom stereocenters. The van der Waals surface area contributed by atoms with Crippen LogP contribution in [-0.4, -0.2) is 18.6 Å². The molecule has 0 aliphatic heterocycles. The lowest BCUT2D eigenvalue weighted by Crippen LogP contribution is -2.24. The summed E-state index contributed by atoms with van der Waals surface area (Å²) in [6.07, 6.45) is -4.92. The highest BCUT2D eigenvalue weighted by atomic mass is 35.5. The Hall–Kier alpha value is -1.49. The molecule has 1 aromatic rings. The minimum atomic E-state index is -4.92. The monoisotopic (exact) mass is 292 g/mol. The second kappa shape index (κ2) is 6.10. The van der Waals surface area contributed by atoms with Gasteiger partial charge in [0.15, 0.2) is 0 Å². The van der Waals surface area contributed by atoms with Gasteiger partial charge in [0.1, 0.15) is 5.76 Å². The van der Waals surface area contributed by atoms with Crippen LogP contribution in [0.4, 0.5) is 13.2 Å². The van der Waals surface area contributed by atoms with Gasteiger partial charge < -0.3 is 4.74 Å². The second-order valence-electron chi connectivity index (χ2n) is 3.72. The van der Waals surface area contributed by atoms with Gasteiger partial charge in [-0.15, -0.1) is 0 Å². The highest BCUT2D eigenvalue weighted by Gasteiger charge is 2.40. The van der Waals surface area contributed by atoms with E-state index >= 15 is 0 Å². The Morgan fingerprint density at radius 1 is 1.26 bits per heavy atom. The molecule has 0 aliphatic rings. The van der Waals surface area contributed by atoms with Gasteiger partial charge in [0.25, 0.3) is 5.78 Å². The molecule has 0 aliphatic carbocycles. The topological polar surface area (TPSA) is 26.3 Å². The van der Waals surface area contributed by atoms with Crippen molar-refractivity contribution >= 4 is 23.1 Å². The first-order valence-corrected chi connectivity index (χ1v) is 5.86. The first-order chi connectivity index (χ1) is 8.77. The molecule has 104 valence electrons. The third-order valence-electron chi connectivity index (χ3n) is 2.33. The normalized spacial score (nSPS) is 12.9. The summed E-state index contributed by atoms with van der Waals surface area (Å²) in [6.45, 7) is 2.87. The number of ether oxygens (including phenoxy) is 1. The zero-order valence-electron chi connectivity index (χ0n) is 10.3. The molecule has 0 radical (unpaired) electrons. The van der Waals surface area contributed by atoms with E-state index in [0.717, 1.165) is 6.92 Å². The van der Waals surface area contributed by atoms with Gasteiger partial charge in [-0.05, 0) is 38.1 Å². The number of carbonyl (C=O) groups excluding carboxylic acids is 1. The number of hydrogen-bond acceptors (Lipinski definition) is 2. The van der Waals surface area contributed by atoms with Crippen LogP contribution in [0.15, 0.2) is 29.8 Å². The molecular formula is C13H12ClF3O2. The predicted octanol–water partition coefficient (Wildman–Crippen LogP) is 4.24. The van der Waals surface area contributed by atoms with Gasteiger partial charge in [-0.25, -0.2) is 0 Å². The van der Waals surface area contributed by atoms with Crippen LogP contribution >= 0.6 is 11.6 Å². The molecule has 19 heavy (non-hydrogen) atoms. The number of ketones is 1. The molecule has 0 heterocycles. The lowest BCUT2D eigenvalue weighted by atomic mass is 10.1. The Morgan fingerprint density at radius 2 is 1.79 bits per heavy atom.